The van der Waals surface area contributed by atoms with Crippen LogP contribution in [0.15, 0.2) is 54.6 Å². The van der Waals surface area contributed by atoms with Crippen molar-refractivity contribution < 1.29 is 17.9 Å². The Morgan fingerprint density at radius 2 is 1.74 bits per heavy atom. The van der Waals surface area contributed by atoms with Gasteiger partial charge in [0.2, 0.25) is 10.0 Å². The summed E-state index contributed by atoms with van der Waals surface area (Å²) in [5.74, 6) is 0.406. The molecule has 0 aliphatic carbocycles. The molecule has 0 atom stereocenters. The molecule has 1 aliphatic heterocycles. The van der Waals surface area contributed by atoms with Crippen LogP contribution in [0.25, 0.3) is 0 Å². The van der Waals surface area contributed by atoms with Crippen LogP contribution in [0.5, 0.6) is 5.75 Å². The quantitative estimate of drug-likeness (QED) is 0.815. The Morgan fingerprint density at radius 1 is 1.04 bits per heavy atom. The van der Waals surface area contributed by atoms with Crippen LogP contribution in [0.1, 0.15) is 0 Å². The lowest BCUT2D eigenvalue weighted by molar-refractivity contribution is -0.118. The number of nitrogens with zero attached hydrogens (tertiary/aromatic N) is 2. The van der Waals surface area contributed by atoms with Crippen LogP contribution in [0.3, 0.4) is 0 Å². The lowest BCUT2D eigenvalue weighted by Crippen LogP contribution is -2.48. The van der Waals surface area contributed by atoms with Gasteiger partial charge in [0, 0.05) is 37.6 Å². The van der Waals surface area contributed by atoms with Gasteiger partial charge in [0.25, 0.3) is 5.91 Å². The first kappa shape index (κ1) is 19.2. The minimum atomic E-state index is -3.15. The minimum absolute atomic E-state index is 0.0682. The van der Waals surface area contributed by atoms with Gasteiger partial charge in [-0.25, -0.2) is 8.42 Å². The number of rotatable bonds is 6. The van der Waals surface area contributed by atoms with Crippen molar-refractivity contribution in [3.63, 3.8) is 0 Å². The summed E-state index contributed by atoms with van der Waals surface area (Å²) in [6.45, 7) is 2.07. The topological polar surface area (TPSA) is 79.0 Å². The van der Waals surface area contributed by atoms with E-state index < -0.39 is 10.0 Å². The number of amides is 1. The van der Waals surface area contributed by atoms with Crippen molar-refractivity contribution in [2.75, 3.05) is 49.3 Å². The summed E-state index contributed by atoms with van der Waals surface area (Å²) in [6.07, 6.45) is 1.23. The molecule has 2 aromatic rings. The van der Waals surface area contributed by atoms with E-state index in [9.17, 15) is 13.2 Å². The highest BCUT2D eigenvalue weighted by Gasteiger charge is 2.23. The molecule has 0 unspecified atom stereocenters. The van der Waals surface area contributed by atoms with Crippen molar-refractivity contribution in [1.29, 1.82) is 0 Å². The first-order chi connectivity index (χ1) is 12.9. The Labute approximate surface area is 159 Å². The van der Waals surface area contributed by atoms with Crippen LogP contribution in [0.4, 0.5) is 11.4 Å². The zero-order valence-electron chi connectivity index (χ0n) is 15.2. The molecule has 8 heteroatoms. The highest BCUT2D eigenvalue weighted by molar-refractivity contribution is 7.88. The minimum Gasteiger partial charge on any atom is -0.484 e. The number of sulfonamides is 1. The van der Waals surface area contributed by atoms with Gasteiger partial charge in [-0.15, -0.1) is 0 Å². The molecule has 0 spiro atoms. The van der Waals surface area contributed by atoms with Gasteiger partial charge in [0.15, 0.2) is 6.61 Å². The summed E-state index contributed by atoms with van der Waals surface area (Å²) in [5, 5.41) is 2.83. The van der Waals surface area contributed by atoms with Crippen molar-refractivity contribution in [2.24, 2.45) is 0 Å². The molecule has 3 rings (SSSR count). The van der Waals surface area contributed by atoms with Crippen molar-refractivity contribution in [1.82, 2.24) is 4.31 Å². The average molecular weight is 389 g/mol. The number of hydrogen-bond donors (Lipinski definition) is 1. The van der Waals surface area contributed by atoms with E-state index in [4.69, 9.17) is 4.74 Å². The average Bonchev–Trinajstić information content (AvgIpc) is 2.67. The first-order valence-electron chi connectivity index (χ1n) is 8.70. The molecule has 0 radical (unpaired) electrons. The predicted molar refractivity (Wildman–Crippen MR) is 106 cm³/mol. The summed E-state index contributed by atoms with van der Waals surface area (Å²) in [7, 11) is -3.15. The molecular weight excluding hydrogens is 366 g/mol. The Balaban J connectivity index is 1.55. The normalized spacial score (nSPS) is 15.4. The number of anilines is 2. The summed E-state index contributed by atoms with van der Waals surface area (Å²) in [6, 6.07) is 16.7. The molecule has 0 saturated carbocycles. The summed E-state index contributed by atoms with van der Waals surface area (Å²) in [5.41, 5.74) is 1.63. The van der Waals surface area contributed by atoms with E-state index in [1.54, 1.807) is 12.1 Å². The fourth-order valence-corrected chi connectivity index (χ4v) is 3.75. The smallest absolute Gasteiger partial charge is 0.262 e. The molecule has 1 aliphatic rings. The molecule has 7 nitrogen and oxygen atoms in total. The fraction of sp³-hybridized carbons (Fsp3) is 0.316. The van der Waals surface area contributed by atoms with Crippen LogP contribution in [0, 0.1) is 0 Å². The van der Waals surface area contributed by atoms with Crippen molar-refractivity contribution >= 4 is 27.3 Å². The number of nitrogens with one attached hydrogen (secondary N) is 1. The molecule has 27 heavy (non-hydrogen) atoms. The molecular formula is C19H23N3O4S. The number of benzene rings is 2. The zero-order valence-corrected chi connectivity index (χ0v) is 16.0. The Hall–Kier alpha value is -2.58. The number of hydrogen-bond acceptors (Lipinski definition) is 5. The number of carbonyl (C=O) groups is 1. The second-order valence-electron chi connectivity index (χ2n) is 6.35. The van der Waals surface area contributed by atoms with Crippen LogP contribution in [-0.4, -0.2) is 57.7 Å². The standard InChI is InChI=1S/C19H23N3O4S/c1-27(24,25)22-12-10-21(11-13-22)17-7-5-6-16(14-17)20-19(23)15-26-18-8-3-2-4-9-18/h2-9,14H,10-13,15H2,1H3,(H,20,23). The second-order valence-corrected chi connectivity index (χ2v) is 8.33. The van der Waals surface area contributed by atoms with Crippen molar-refractivity contribution in [3.8, 4) is 5.75 Å². The van der Waals surface area contributed by atoms with Crippen LogP contribution < -0.4 is 15.0 Å². The maximum Gasteiger partial charge on any atom is 0.262 e. The fourth-order valence-electron chi connectivity index (χ4n) is 2.92. The molecule has 0 bridgehead atoms. The molecule has 1 heterocycles. The largest absolute Gasteiger partial charge is 0.484 e. The Morgan fingerprint density at radius 3 is 2.41 bits per heavy atom. The Kier molecular flexibility index (Phi) is 5.98. The summed E-state index contributed by atoms with van der Waals surface area (Å²) in [4.78, 5) is 14.2. The number of para-hydroxylation sites is 1. The molecule has 0 aromatic heterocycles. The number of ether oxygens (including phenoxy) is 1. The predicted octanol–water partition coefficient (Wildman–Crippen LogP) is 1.79. The third kappa shape index (κ3) is 5.45. The molecule has 1 saturated heterocycles. The summed E-state index contributed by atoms with van der Waals surface area (Å²) >= 11 is 0. The van der Waals surface area contributed by atoms with E-state index in [2.05, 4.69) is 10.2 Å². The summed E-state index contributed by atoms with van der Waals surface area (Å²) < 4.78 is 30.2. The van der Waals surface area contributed by atoms with Gasteiger partial charge in [-0.1, -0.05) is 24.3 Å². The monoisotopic (exact) mass is 389 g/mol. The molecule has 1 fully saturated rings. The third-order valence-corrected chi connectivity index (χ3v) is 5.62. The Bertz CT molecular complexity index is 879. The lowest BCUT2D eigenvalue weighted by Gasteiger charge is -2.34. The third-order valence-electron chi connectivity index (χ3n) is 4.32. The van der Waals surface area contributed by atoms with E-state index in [-0.39, 0.29) is 12.5 Å². The lowest BCUT2D eigenvalue weighted by atomic mass is 10.2. The molecule has 1 amide bonds. The van der Waals surface area contributed by atoms with E-state index in [1.807, 2.05) is 42.5 Å². The van der Waals surface area contributed by atoms with Gasteiger partial charge in [-0.3, -0.25) is 4.79 Å². The van der Waals surface area contributed by atoms with Crippen LogP contribution in [-0.2, 0) is 14.8 Å². The van der Waals surface area contributed by atoms with Gasteiger partial charge in [-0.05, 0) is 30.3 Å². The van der Waals surface area contributed by atoms with Gasteiger partial charge in [-0.2, -0.15) is 4.31 Å². The molecule has 1 N–H and O–H groups in total. The zero-order chi connectivity index (χ0) is 19.3. The molecule has 144 valence electrons. The maximum absolute atomic E-state index is 12.1. The van der Waals surface area contributed by atoms with E-state index >= 15 is 0 Å². The maximum atomic E-state index is 12.1. The van der Waals surface area contributed by atoms with E-state index in [0.717, 1.165) is 5.69 Å². The van der Waals surface area contributed by atoms with Gasteiger partial charge < -0.3 is 15.0 Å². The SMILES string of the molecule is CS(=O)(=O)N1CCN(c2cccc(NC(=O)COc3ccccc3)c2)CC1. The van der Waals surface area contributed by atoms with Gasteiger partial charge in [0.1, 0.15) is 5.75 Å². The van der Waals surface area contributed by atoms with Gasteiger partial charge in [0.05, 0.1) is 6.26 Å². The second kappa shape index (κ2) is 8.41. The number of piperazine rings is 1. The van der Waals surface area contributed by atoms with Crippen molar-refractivity contribution in [3.05, 3.63) is 54.6 Å². The van der Waals surface area contributed by atoms with Crippen molar-refractivity contribution in [2.45, 2.75) is 0 Å². The highest BCUT2D eigenvalue weighted by atomic mass is 32.2. The van der Waals surface area contributed by atoms with Gasteiger partial charge >= 0.3 is 0 Å². The van der Waals surface area contributed by atoms with E-state index in [1.165, 1.54) is 10.6 Å². The molecule has 2 aromatic carbocycles. The highest BCUT2D eigenvalue weighted by Crippen LogP contribution is 2.21. The van der Waals surface area contributed by atoms with Crippen LogP contribution in [0.2, 0.25) is 0 Å². The first-order valence-corrected chi connectivity index (χ1v) is 10.5. The van der Waals surface area contributed by atoms with Crippen LogP contribution >= 0.6 is 0 Å². The van der Waals surface area contributed by atoms with E-state index in [0.29, 0.717) is 37.6 Å². The number of carbonyl (C=O) groups excluding carboxylic acids is 1.